The molecule has 0 saturated heterocycles. The SMILES string of the molecule is [2H]c1c([2H])c([2H])c(-c2ccc3c4ccccc4n(-c4c([N+]#[C-])c(-c5ccccc5)c(C#N)c(-n5c6c(ccc7c8ccccc8sc76)c6ccc7c8cccc(-c9c([2H])c([2H])c([2H])c([2H])c9[2H])c8sc7c65)c4-c4ccccc4)c3c2)c([2H])c1[2H]. The van der Waals surface area contributed by atoms with Gasteiger partial charge in [0.15, 0.2) is 0 Å². The minimum atomic E-state index is -0.503. The van der Waals surface area contributed by atoms with Gasteiger partial charge in [-0.25, -0.2) is 4.85 Å². The summed E-state index contributed by atoms with van der Waals surface area (Å²) in [6, 6.07) is 53.6. The summed E-state index contributed by atoms with van der Waals surface area (Å²) in [5.74, 6) is 0. The van der Waals surface area contributed by atoms with Gasteiger partial charge in [-0.15, -0.1) is 22.7 Å². The van der Waals surface area contributed by atoms with Crippen LogP contribution in [0.15, 0.2) is 230 Å². The highest BCUT2D eigenvalue weighted by atomic mass is 32.1. The lowest BCUT2D eigenvalue weighted by molar-refractivity contribution is 1.14. The van der Waals surface area contributed by atoms with Crippen molar-refractivity contribution in [1.29, 1.82) is 5.26 Å². The highest BCUT2D eigenvalue weighted by Crippen LogP contribution is 2.55. The van der Waals surface area contributed by atoms with Crippen LogP contribution in [0.3, 0.4) is 0 Å². The van der Waals surface area contributed by atoms with Gasteiger partial charge in [-0.1, -0.05) is 212 Å². The Bertz CT molecular complexity index is 5480. The Morgan fingerprint density at radius 1 is 0.432 bits per heavy atom. The summed E-state index contributed by atoms with van der Waals surface area (Å²) in [7, 11) is 0. The molecule has 11 aromatic carbocycles. The summed E-state index contributed by atoms with van der Waals surface area (Å²) >= 11 is 3.11. The molecule has 0 saturated carbocycles. The van der Waals surface area contributed by atoms with E-state index < -0.39 is 36.3 Å². The van der Waals surface area contributed by atoms with Crippen LogP contribution < -0.4 is 0 Å². The third-order valence-corrected chi connectivity index (χ3v) is 16.8. The molecule has 4 heterocycles. The molecule has 0 aliphatic rings. The zero-order valence-corrected chi connectivity index (χ0v) is 40.4. The van der Waals surface area contributed by atoms with Crippen LogP contribution in [0.4, 0.5) is 5.69 Å². The van der Waals surface area contributed by atoms with E-state index in [-0.39, 0.29) is 46.5 Å². The van der Waals surface area contributed by atoms with E-state index in [1.54, 1.807) is 23.5 Å². The summed E-state index contributed by atoms with van der Waals surface area (Å²) in [6.45, 7) is 9.46. The average molecular weight is 985 g/mol. The number of para-hydroxylation sites is 1. The van der Waals surface area contributed by atoms with Crippen LogP contribution in [0.25, 0.3) is 145 Å². The lowest BCUT2D eigenvalue weighted by atomic mass is 9.88. The maximum Gasteiger partial charge on any atom is 0.220 e. The zero-order chi connectivity index (χ0) is 57.7. The molecule has 4 aromatic heterocycles. The molecule has 6 heteroatoms. The van der Waals surface area contributed by atoms with E-state index in [1.165, 1.54) is 11.3 Å². The van der Waals surface area contributed by atoms with Crippen molar-refractivity contribution in [3.05, 3.63) is 247 Å². The van der Waals surface area contributed by atoms with Crippen molar-refractivity contribution >= 4 is 112 Å². The average Bonchev–Trinajstić information content (AvgIpc) is 1.62. The Morgan fingerprint density at radius 2 is 0.986 bits per heavy atom. The number of nitrogens with zero attached hydrogens (tertiary/aromatic N) is 4. The number of rotatable bonds is 6. The number of hydrogen-bond acceptors (Lipinski definition) is 3. The predicted octanol–water partition coefficient (Wildman–Crippen LogP) is 19.7. The normalized spacial score (nSPS) is 13.6. The third-order valence-electron chi connectivity index (χ3n) is 14.3. The first-order valence-electron chi connectivity index (χ1n) is 28.9. The van der Waals surface area contributed by atoms with Crippen LogP contribution in [0.1, 0.15) is 19.3 Å². The minimum absolute atomic E-state index is 0.0265. The molecule has 0 N–H and O–H groups in total. The Hall–Kier alpha value is -9.56. The lowest BCUT2D eigenvalue weighted by Gasteiger charge is -2.26. The van der Waals surface area contributed by atoms with Gasteiger partial charge in [0.25, 0.3) is 0 Å². The van der Waals surface area contributed by atoms with E-state index in [4.69, 9.17) is 13.7 Å². The fourth-order valence-corrected chi connectivity index (χ4v) is 13.9. The molecule has 0 fully saturated rings. The van der Waals surface area contributed by atoms with Gasteiger partial charge in [-0.05, 0) is 51.6 Å². The monoisotopic (exact) mass is 984 g/mol. The molecular formula is C68H38N4S2. The van der Waals surface area contributed by atoms with Gasteiger partial charge in [0.1, 0.15) is 6.07 Å². The fraction of sp³-hybridized carbons (Fsp3) is 0. The number of fused-ring (bicyclic) bond motifs is 14. The van der Waals surface area contributed by atoms with E-state index >= 15 is 0 Å². The summed E-state index contributed by atoms with van der Waals surface area (Å²) in [5.41, 5.74) is 7.40. The quantitative estimate of drug-likeness (QED) is 0.153. The Morgan fingerprint density at radius 3 is 1.69 bits per heavy atom. The van der Waals surface area contributed by atoms with Gasteiger partial charge in [0.2, 0.25) is 5.69 Å². The molecule has 342 valence electrons. The standard InChI is InChI=1S/C68H38N4S2/c1-70-61-59(43-23-10-4-11-24-43)55(40-69)62(60(44-25-12-5-13-26-44)65(61)71-56-31-16-14-27-47(56)48-34-33-45(39-57(48)71)41-19-6-2-7-20-41)72-63-50(35-37-53-49-28-15-17-32-58(49)73-67(53)63)51-36-38-54-52-30-18-29-46(42-21-8-3-9-22-42)66(52)74-68(54)64(51)72/h2-39H/i2D,3D,6D,7D,8D,9D,19D,20D,21D,22D. The Kier molecular flexibility index (Phi) is 7.39. The van der Waals surface area contributed by atoms with E-state index in [2.05, 4.69) is 51.9 Å². The van der Waals surface area contributed by atoms with Crippen molar-refractivity contribution < 1.29 is 13.7 Å². The first kappa shape index (κ1) is 33.2. The zero-order valence-electron chi connectivity index (χ0n) is 48.8. The maximum absolute atomic E-state index is 12.3. The van der Waals surface area contributed by atoms with Crippen LogP contribution in [0.5, 0.6) is 0 Å². The molecule has 0 atom stereocenters. The highest BCUT2D eigenvalue weighted by Gasteiger charge is 2.33. The smallest absolute Gasteiger partial charge is 0.220 e. The van der Waals surface area contributed by atoms with Crippen LogP contribution in [0, 0.1) is 17.9 Å². The molecule has 0 aliphatic carbocycles. The van der Waals surface area contributed by atoms with Crippen LogP contribution in [-0.2, 0) is 0 Å². The second-order valence-corrected chi connectivity index (χ2v) is 20.2. The molecule has 0 radical (unpaired) electrons. The number of aromatic nitrogens is 2. The van der Waals surface area contributed by atoms with Crippen LogP contribution in [0.2, 0.25) is 0 Å². The molecule has 15 aromatic rings. The molecule has 0 spiro atoms. The first-order valence-corrected chi connectivity index (χ1v) is 25.5. The van der Waals surface area contributed by atoms with Gasteiger partial charge >= 0.3 is 0 Å². The molecule has 15 rings (SSSR count). The molecule has 0 unspecified atom stereocenters. The van der Waals surface area contributed by atoms with Gasteiger partial charge in [-0.3, -0.25) is 0 Å². The lowest BCUT2D eigenvalue weighted by Crippen LogP contribution is -2.09. The first-order chi connectivity index (χ1) is 40.8. The fourth-order valence-electron chi connectivity index (χ4n) is 11.3. The molecule has 0 amide bonds. The number of nitriles is 1. The van der Waals surface area contributed by atoms with E-state index in [0.717, 1.165) is 68.2 Å². The second kappa shape index (κ2) is 16.5. The topological polar surface area (TPSA) is 38.0 Å². The van der Waals surface area contributed by atoms with Crippen LogP contribution >= 0.6 is 22.7 Å². The van der Waals surface area contributed by atoms with Gasteiger partial charge in [-0.2, -0.15) is 5.26 Å². The molecule has 0 bridgehead atoms. The number of benzene rings is 11. The number of hydrogen-bond donors (Lipinski definition) is 0. The largest absolute Gasteiger partial charge is 0.318 e. The molecule has 0 aliphatic heterocycles. The summed E-state index contributed by atoms with van der Waals surface area (Å²) in [4.78, 5) is 4.50. The Labute approximate surface area is 447 Å². The van der Waals surface area contributed by atoms with Crippen LogP contribution in [-0.4, -0.2) is 9.13 Å². The van der Waals surface area contributed by atoms with Crippen molar-refractivity contribution in [3.8, 4) is 62.0 Å². The van der Waals surface area contributed by atoms with Gasteiger partial charge in [0.05, 0.1) is 68.7 Å². The van der Waals surface area contributed by atoms with E-state index in [0.29, 0.717) is 60.5 Å². The summed E-state index contributed by atoms with van der Waals surface area (Å²) < 4.78 is 96.0. The third kappa shape index (κ3) is 6.05. The second-order valence-electron chi connectivity index (χ2n) is 18.1. The molecule has 4 nitrogen and oxygen atoms in total. The van der Waals surface area contributed by atoms with Gasteiger partial charge < -0.3 is 9.13 Å². The van der Waals surface area contributed by atoms with Gasteiger partial charge in [0, 0.05) is 63.6 Å². The summed E-state index contributed by atoms with van der Waals surface area (Å²) in [5, 5.41) is 19.4. The van der Waals surface area contributed by atoms with Crippen molar-refractivity contribution in [2.45, 2.75) is 0 Å². The number of thiophene rings is 2. The van der Waals surface area contributed by atoms with Crippen molar-refractivity contribution in [2.24, 2.45) is 0 Å². The Balaban J connectivity index is 1.20. The predicted molar refractivity (Wildman–Crippen MR) is 314 cm³/mol. The molecular weight excluding hydrogens is 937 g/mol. The minimum Gasteiger partial charge on any atom is -0.318 e. The van der Waals surface area contributed by atoms with E-state index in [1.807, 2.05) is 126 Å². The summed E-state index contributed by atoms with van der Waals surface area (Å²) in [6.07, 6.45) is 0. The van der Waals surface area contributed by atoms with Crippen molar-refractivity contribution in [3.63, 3.8) is 0 Å². The van der Waals surface area contributed by atoms with Crippen molar-refractivity contribution in [2.75, 3.05) is 0 Å². The molecule has 74 heavy (non-hydrogen) atoms. The van der Waals surface area contributed by atoms with Crippen molar-refractivity contribution in [1.82, 2.24) is 9.13 Å². The maximum atomic E-state index is 12.3. The highest BCUT2D eigenvalue weighted by molar-refractivity contribution is 7.27. The van der Waals surface area contributed by atoms with E-state index in [9.17, 15) is 11.8 Å².